The Hall–Kier alpha value is -2.58. The second-order valence-electron chi connectivity index (χ2n) is 6.17. The van der Waals surface area contributed by atoms with Crippen LogP contribution < -0.4 is 5.73 Å². The third kappa shape index (κ3) is 2.22. The molecule has 0 bridgehead atoms. The highest BCUT2D eigenvalue weighted by atomic mass is 35.5. The van der Waals surface area contributed by atoms with E-state index in [-0.39, 0.29) is 5.92 Å². The molecule has 0 saturated carbocycles. The lowest BCUT2D eigenvalue weighted by molar-refractivity contribution is 0.261. The van der Waals surface area contributed by atoms with E-state index < -0.39 is 17.4 Å². The molecule has 4 nitrogen and oxygen atoms in total. The second-order valence-corrected chi connectivity index (χ2v) is 6.61. The van der Waals surface area contributed by atoms with Gasteiger partial charge in [0, 0.05) is 10.9 Å². The summed E-state index contributed by atoms with van der Waals surface area (Å²) in [6.07, 6.45) is 5.54. The van der Waals surface area contributed by atoms with Gasteiger partial charge in [0.25, 0.3) is 0 Å². The molecule has 2 aliphatic carbocycles. The first kappa shape index (κ1) is 16.3. The summed E-state index contributed by atoms with van der Waals surface area (Å²) in [7, 11) is 0. The van der Waals surface area contributed by atoms with Crippen LogP contribution in [0.15, 0.2) is 47.6 Å². The highest BCUT2D eigenvalue weighted by Gasteiger charge is 2.55. The number of hydrogen-bond donors (Lipinski definition) is 1. The number of nitrogens with zero attached hydrogens (tertiary/aromatic N) is 3. The summed E-state index contributed by atoms with van der Waals surface area (Å²) < 4.78 is 0. The molecule has 0 saturated heterocycles. The number of hydrogen-bond acceptors (Lipinski definition) is 4. The van der Waals surface area contributed by atoms with E-state index in [9.17, 15) is 15.8 Å². The van der Waals surface area contributed by atoms with Gasteiger partial charge in [0.05, 0.1) is 29.8 Å². The summed E-state index contributed by atoms with van der Waals surface area (Å²) in [5.41, 5.74) is 6.79. The van der Waals surface area contributed by atoms with E-state index in [2.05, 4.69) is 18.2 Å². The fraction of sp³-hybridized carbons (Fsp3) is 0.316. The highest BCUT2D eigenvalue weighted by molar-refractivity contribution is 6.30. The molecule has 2 aliphatic rings. The topological polar surface area (TPSA) is 97.4 Å². The maximum atomic E-state index is 9.88. The SMILES string of the molecule is N#CC1=C2C=CCC[C@H]2[C@H](c2cccc(Cl)c2)C(C#N)(C#N)C1N. The van der Waals surface area contributed by atoms with Crippen LogP contribution in [0, 0.1) is 45.3 Å². The van der Waals surface area contributed by atoms with Gasteiger partial charge in [0.15, 0.2) is 5.41 Å². The van der Waals surface area contributed by atoms with Gasteiger partial charge in [-0.3, -0.25) is 0 Å². The Bertz CT molecular complexity index is 849. The van der Waals surface area contributed by atoms with Crippen molar-refractivity contribution in [2.24, 2.45) is 17.1 Å². The zero-order valence-corrected chi connectivity index (χ0v) is 13.7. The minimum Gasteiger partial charge on any atom is -0.321 e. The molecule has 118 valence electrons. The van der Waals surface area contributed by atoms with Gasteiger partial charge in [-0.25, -0.2) is 0 Å². The normalized spacial score (nSPS) is 27.5. The fourth-order valence-corrected chi connectivity index (χ4v) is 4.15. The number of nitrogens with two attached hydrogens (primary N) is 1. The van der Waals surface area contributed by atoms with Crippen molar-refractivity contribution in [2.45, 2.75) is 24.8 Å². The van der Waals surface area contributed by atoms with Gasteiger partial charge in [-0.2, -0.15) is 15.8 Å². The van der Waals surface area contributed by atoms with Crippen LogP contribution in [0.2, 0.25) is 5.02 Å². The van der Waals surface area contributed by atoms with Gasteiger partial charge in [-0.1, -0.05) is 35.9 Å². The number of benzene rings is 1. The third-order valence-electron chi connectivity index (χ3n) is 5.04. The van der Waals surface area contributed by atoms with Crippen molar-refractivity contribution >= 4 is 11.6 Å². The Morgan fingerprint density at radius 1 is 1.21 bits per heavy atom. The van der Waals surface area contributed by atoms with Crippen LogP contribution in [0.25, 0.3) is 0 Å². The van der Waals surface area contributed by atoms with E-state index in [0.29, 0.717) is 10.6 Å². The summed E-state index contributed by atoms with van der Waals surface area (Å²) in [6, 6.07) is 12.7. The molecule has 24 heavy (non-hydrogen) atoms. The van der Waals surface area contributed by atoms with Crippen molar-refractivity contribution in [3.05, 3.63) is 58.1 Å². The number of nitriles is 3. The quantitative estimate of drug-likeness (QED) is 0.848. The molecule has 1 aromatic rings. The van der Waals surface area contributed by atoms with Gasteiger partial charge in [-0.15, -0.1) is 0 Å². The average molecular weight is 335 g/mol. The summed E-state index contributed by atoms with van der Waals surface area (Å²) in [5, 5.41) is 29.9. The lowest BCUT2D eigenvalue weighted by Gasteiger charge is -2.45. The van der Waals surface area contributed by atoms with Crippen LogP contribution in [0.1, 0.15) is 24.3 Å². The van der Waals surface area contributed by atoms with Gasteiger partial charge in [0.2, 0.25) is 0 Å². The van der Waals surface area contributed by atoms with Crippen LogP contribution >= 0.6 is 11.6 Å². The molecule has 0 heterocycles. The Kier molecular flexibility index (Phi) is 4.16. The van der Waals surface area contributed by atoms with Crippen LogP contribution in [-0.2, 0) is 0 Å². The van der Waals surface area contributed by atoms with E-state index in [1.165, 1.54) is 0 Å². The standard InChI is InChI=1S/C19H15ClN4/c20-13-5-3-4-12(8-13)17-15-7-2-1-6-14(15)16(9-21)18(24)19(17,10-22)11-23/h1,3-6,8,15,17-18H,2,7,24H2/t15-,17+,18?/m1/s1. The van der Waals surface area contributed by atoms with Crippen LogP contribution in [0.4, 0.5) is 0 Å². The van der Waals surface area contributed by atoms with Gasteiger partial charge >= 0.3 is 0 Å². The van der Waals surface area contributed by atoms with Crippen molar-refractivity contribution in [2.75, 3.05) is 0 Å². The number of fused-ring (bicyclic) bond motifs is 1. The fourth-order valence-electron chi connectivity index (χ4n) is 3.95. The molecule has 5 heteroatoms. The van der Waals surface area contributed by atoms with Gasteiger partial charge < -0.3 is 5.73 Å². The van der Waals surface area contributed by atoms with Crippen molar-refractivity contribution in [1.29, 1.82) is 15.8 Å². The van der Waals surface area contributed by atoms with Crippen molar-refractivity contribution in [3.63, 3.8) is 0 Å². The smallest absolute Gasteiger partial charge is 0.170 e. The summed E-state index contributed by atoms with van der Waals surface area (Å²) in [4.78, 5) is 0. The predicted molar refractivity (Wildman–Crippen MR) is 90.3 cm³/mol. The van der Waals surface area contributed by atoms with Crippen molar-refractivity contribution < 1.29 is 0 Å². The molecule has 0 fully saturated rings. The summed E-state index contributed by atoms with van der Waals surface area (Å²) in [5.74, 6) is -0.513. The van der Waals surface area contributed by atoms with E-state index >= 15 is 0 Å². The maximum Gasteiger partial charge on any atom is 0.170 e. The van der Waals surface area contributed by atoms with Crippen LogP contribution in [0.3, 0.4) is 0 Å². The Balaban J connectivity index is 2.31. The number of halogens is 1. The molecular formula is C19H15ClN4. The Morgan fingerprint density at radius 3 is 2.58 bits per heavy atom. The molecule has 0 amide bonds. The first-order valence-electron chi connectivity index (χ1n) is 7.73. The van der Waals surface area contributed by atoms with Gasteiger partial charge in [0.1, 0.15) is 0 Å². The van der Waals surface area contributed by atoms with Crippen LogP contribution in [0.5, 0.6) is 0 Å². The second kappa shape index (κ2) is 6.14. The molecule has 1 aromatic carbocycles. The molecule has 1 unspecified atom stereocenters. The first-order valence-corrected chi connectivity index (χ1v) is 8.11. The monoisotopic (exact) mass is 334 g/mol. The molecule has 2 N–H and O–H groups in total. The molecule has 0 aliphatic heterocycles. The van der Waals surface area contributed by atoms with Crippen molar-refractivity contribution in [1.82, 2.24) is 0 Å². The summed E-state index contributed by atoms with van der Waals surface area (Å²) in [6.45, 7) is 0. The lowest BCUT2D eigenvalue weighted by atomic mass is 9.55. The van der Waals surface area contributed by atoms with Crippen molar-refractivity contribution in [3.8, 4) is 18.2 Å². The largest absolute Gasteiger partial charge is 0.321 e. The van der Waals surface area contributed by atoms with Crippen LogP contribution in [-0.4, -0.2) is 6.04 Å². The predicted octanol–water partition coefficient (Wildman–Crippen LogP) is 3.58. The van der Waals surface area contributed by atoms with E-state index in [4.69, 9.17) is 17.3 Å². The minimum absolute atomic E-state index is 0.0952. The van der Waals surface area contributed by atoms with E-state index in [0.717, 1.165) is 24.0 Å². The lowest BCUT2D eigenvalue weighted by Crippen LogP contribution is -2.51. The number of allylic oxidation sites excluding steroid dienone is 3. The van der Waals surface area contributed by atoms with Gasteiger partial charge in [-0.05, 0) is 42.0 Å². The third-order valence-corrected chi connectivity index (χ3v) is 5.28. The molecule has 0 spiro atoms. The molecule has 3 rings (SSSR count). The zero-order chi connectivity index (χ0) is 17.3. The minimum atomic E-state index is -1.49. The Morgan fingerprint density at radius 2 is 1.96 bits per heavy atom. The average Bonchev–Trinajstić information content (AvgIpc) is 2.61. The maximum absolute atomic E-state index is 9.88. The molecule has 0 radical (unpaired) electrons. The van der Waals surface area contributed by atoms with E-state index in [1.807, 2.05) is 24.3 Å². The Labute approximate surface area is 146 Å². The molecular weight excluding hydrogens is 320 g/mol. The zero-order valence-electron chi connectivity index (χ0n) is 12.9. The molecule has 0 aromatic heterocycles. The number of rotatable bonds is 1. The van der Waals surface area contributed by atoms with E-state index in [1.54, 1.807) is 12.1 Å². The summed E-state index contributed by atoms with van der Waals surface area (Å²) >= 11 is 6.14. The first-order chi connectivity index (χ1) is 11.6. The molecule has 3 atom stereocenters. The highest BCUT2D eigenvalue weighted by Crippen LogP contribution is 2.54.